The fraction of sp³-hybridized carbons (Fsp3) is 0.533. The first kappa shape index (κ1) is 16.9. The summed E-state index contributed by atoms with van der Waals surface area (Å²) in [5.41, 5.74) is 0.488. The van der Waals surface area contributed by atoms with Gasteiger partial charge in [0, 0.05) is 31.7 Å². The zero-order valence-corrected chi connectivity index (χ0v) is 12.9. The molecule has 0 radical (unpaired) electrons. The fourth-order valence-electron chi connectivity index (χ4n) is 1.73. The van der Waals surface area contributed by atoms with Gasteiger partial charge in [-0.2, -0.15) is 0 Å². The minimum Gasteiger partial charge on any atom is -0.370 e. The second-order valence-corrected chi connectivity index (χ2v) is 4.81. The average molecular weight is 292 g/mol. The molecule has 1 aromatic heterocycles. The number of amides is 2. The highest BCUT2D eigenvalue weighted by molar-refractivity contribution is 5.98. The molecule has 3 N–H and O–H groups in total. The first-order valence-corrected chi connectivity index (χ1v) is 7.34. The molecule has 1 atom stereocenters. The second-order valence-electron chi connectivity index (χ2n) is 4.81. The predicted octanol–water partition coefficient (Wildman–Crippen LogP) is 1.55. The van der Waals surface area contributed by atoms with Gasteiger partial charge in [-0.25, -0.2) is 4.98 Å². The standard InChI is InChI=1S/C15H24N4O2/c1-4-11(3)19-13(20)8-10-18-15(21)12-7-6-9-17-14(12)16-5-2/h6-7,9,11H,4-5,8,10H2,1-3H3,(H,16,17)(H,18,21)(H,19,20). The van der Waals surface area contributed by atoms with E-state index in [4.69, 9.17) is 0 Å². The highest BCUT2D eigenvalue weighted by Crippen LogP contribution is 2.10. The SMILES string of the molecule is CCNc1ncccc1C(=O)NCCC(=O)NC(C)CC. The summed E-state index contributed by atoms with van der Waals surface area (Å²) < 4.78 is 0. The number of pyridine rings is 1. The number of nitrogens with zero attached hydrogens (tertiary/aromatic N) is 1. The van der Waals surface area contributed by atoms with E-state index in [1.54, 1.807) is 18.3 Å². The molecular weight excluding hydrogens is 268 g/mol. The van der Waals surface area contributed by atoms with Crippen molar-refractivity contribution in [2.24, 2.45) is 0 Å². The monoisotopic (exact) mass is 292 g/mol. The van der Waals surface area contributed by atoms with Crippen molar-refractivity contribution in [3.8, 4) is 0 Å². The molecule has 1 aromatic rings. The Morgan fingerprint density at radius 2 is 2.10 bits per heavy atom. The second kappa shape index (κ2) is 8.94. The van der Waals surface area contributed by atoms with Gasteiger partial charge in [-0.05, 0) is 32.4 Å². The molecule has 6 heteroatoms. The first-order chi connectivity index (χ1) is 10.1. The summed E-state index contributed by atoms with van der Waals surface area (Å²) in [6.45, 7) is 6.90. The maximum absolute atomic E-state index is 12.1. The van der Waals surface area contributed by atoms with Gasteiger partial charge in [0.05, 0.1) is 5.56 Å². The van der Waals surface area contributed by atoms with Crippen molar-refractivity contribution in [1.29, 1.82) is 0 Å². The van der Waals surface area contributed by atoms with Crippen molar-refractivity contribution in [2.75, 3.05) is 18.4 Å². The van der Waals surface area contributed by atoms with E-state index in [0.29, 0.717) is 24.5 Å². The van der Waals surface area contributed by atoms with Gasteiger partial charge in [0.1, 0.15) is 5.82 Å². The Labute approximate surface area is 125 Å². The maximum Gasteiger partial charge on any atom is 0.255 e. The molecule has 1 unspecified atom stereocenters. The van der Waals surface area contributed by atoms with Crippen LogP contribution in [0.15, 0.2) is 18.3 Å². The van der Waals surface area contributed by atoms with Crippen molar-refractivity contribution < 1.29 is 9.59 Å². The minimum absolute atomic E-state index is 0.0530. The average Bonchev–Trinajstić information content (AvgIpc) is 2.47. The molecule has 21 heavy (non-hydrogen) atoms. The maximum atomic E-state index is 12.1. The van der Waals surface area contributed by atoms with Crippen LogP contribution in [0.4, 0.5) is 5.82 Å². The Morgan fingerprint density at radius 1 is 1.33 bits per heavy atom. The zero-order chi connectivity index (χ0) is 15.7. The summed E-state index contributed by atoms with van der Waals surface area (Å²) in [6, 6.07) is 3.58. The van der Waals surface area contributed by atoms with Crippen molar-refractivity contribution in [2.45, 2.75) is 39.7 Å². The Kier molecular flexibility index (Phi) is 7.21. The quantitative estimate of drug-likeness (QED) is 0.679. The van der Waals surface area contributed by atoms with Crippen LogP contribution in [0.25, 0.3) is 0 Å². The molecule has 0 spiro atoms. The van der Waals surface area contributed by atoms with E-state index in [1.807, 2.05) is 20.8 Å². The molecule has 0 aliphatic heterocycles. The molecule has 116 valence electrons. The van der Waals surface area contributed by atoms with Crippen molar-refractivity contribution >= 4 is 17.6 Å². The van der Waals surface area contributed by atoms with Gasteiger partial charge >= 0.3 is 0 Å². The molecule has 0 fully saturated rings. The summed E-state index contributed by atoms with van der Waals surface area (Å²) in [4.78, 5) is 27.8. The Bertz CT molecular complexity index is 476. The number of hydrogen-bond acceptors (Lipinski definition) is 4. The summed E-state index contributed by atoms with van der Waals surface area (Å²) in [6.07, 6.45) is 2.79. The number of hydrogen-bond donors (Lipinski definition) is 3. The van der Waals surface area contributed by atoms with Gasteiger partial charge < -0.3 is 16.0 Å². The van der Waals surface area contributed by atoms with Gasteiger partial charge in [-0.3, -0.25) is 9.59 Å². The van der Waals surface area contributed by atoms with Crippen molar-refractivity contribution in [1.82, 2.24) is 15.6 Å². The van der Waals surface area contributed by atoms with E-state index in [0.717, 1.165) is 6.42 Å². The largest absolute Gasteiger partial charge is 0.370 e. The first-order valence-electron chi connectivity index (χ1n) is 7.34. The summed E-state index contributed by atoms with van der Waals surface area (Å²) >= 11 is 0. The lowest BCUT2D eigenvalue weighted by Gasteiger charge is -2.12. The van der Waals surface area contributed by atoms with Crippen LogP contribution in [0.5, 0.6) is 0 Å². The number of anilines is 1. The van der Waals surface area contributed by atoms with E-state index in [9.17, 15) is 9.59 Å². The molecular formula is C15H24N4O2. The number of carbonyl (C=O) groups is 2. The smallest absolute Gasteiger partial charge is 0.255 e. The highest BCUT2D eigenvalue weighted by atomic mass is 16.2. The van der Waals surface area contributed by atoms with E-state index >= 15 is 0 Å². The minimum atomic E-state index is -0.226. The molecule has 0 saturated heterocycles. The fourth-order valence-corrected chi connectivity index (χ4v) is 1.73. The van der Waals surface area contributed by atoms with Crippen LogP contribution < -0.4 is 16.0 Å². The highest BCUT2D eigenvalue weighted by Gasteiger charge is 2.12. The molecule has 0 bridgehead atoms. The van der Waals surface area contributed by atoms with E-state index < -0.39 is 0 Å². The van der Waals surface area contributed by atoms with Crippen LogP contribution >= 0.6 is 0 Å². The molecule has 1 rings (SSSR count). The van der Waals surface area contributed by atoms with E-state index in [2.05, 4.69) is 20.9 Å². The van der Waals surface area contributed by atoms with Crippen molar-refractivity contribution in [3.05, 3.63) is 23.9 Å². The van der Waals surface area contributed by atoms with Crippen LogP contribution in [0.2, 0.25) is 0 Å². The number of rotatable bonds is 8. The predicted molar refractivity (Wildman–Crippen MR) is 83.2 cm³/mol. The third-order valence-electron chi connectivity index (χ3n) is 3.05. The van der Waals surface area contributed by atoms with E-state index in [1.165, 1.54) is 0 Å². The summed E-state index contributed by atoms with van der Waals surface area (Å²) in [5.74, 6) is 0.277. The summed E-state index contributed by atoms with van der Waals surface area (Å²) in [7, 11) is 0. The van der Waals surface area contributed by atoms with Crippen LogP contribution in [0, 0.1) is 0 Å². The van der Waals surface area contributed by atoms with Crippen LogP contribution in [0.3, 0.4) is 0 Å². The third-order valence-corrected chi connectivity index (χ3v) is 3.05. The van der Waals surface area contributed by atoms with Crippen molar-refractivity contribution in [3.63, 3.8) is 0 Å². The van der Waals surface area contributed by atoms with Crippen LogP contribution in [0.1, 0.15) is 44.0 Å². The molecule has 1 heterocycles. The lowest BCUT2D eigenvalue weighted by molar-refractivity contribution is -0.121. The van der Waals surface area contributed by atoms with Gasteiger partial charge in [0.25, 0.3) is 5.91 Å². The van der Waals surface area contributed by atoms with Gasteiger partial charge in [0.2, 0.25) is 5.91 Å². The zero-order valence-electron chi connectivity index (χ0n) is 12.9. The van der Waals surface area contributed by atoms with Gasteiger partial charge in [-0.15, -0.1) is 0 Å². The Morgan fingerprint density at radius 3 is 2.76 bits per heavy atom. The molecule has 2 amide bonds. The topological polar surface area (TPSA) is 83.1 Å². The number of nitrogens with one attached hydrogen (secondary N) is 3. The van der Waals surface area contributed by atoms with E-state index in [-0.39, 0.29) is 24.3 Å². The number of carbonyl (C=O) groups excluding carboxylic acids is 2. The molecule has 0 aliphatic carbocycles. The number of aromatic nitrogens is 1. The third kappa shape index (κ3) is 5.81. The lowest BCUT2D eigenvalue weighted by Crippen LogP contribution is -2.35. The van der Waals surface area contributed by atoms with Crippen LogP contribution in [-0.4, -0.2) is 35.9 Å². The Hall–Kier alpha value is -2.11. The molecule has 6 nitrogen and oxygen atoms in total. The Balaban J connectivity index is 2.46. The van der Waals surface area contributed by atoms with Crippen LogP contribution in [-0.2, 0) is 4.79 Å². The van der Waals surface area contributed by atoms with Gasteiger partial charge in [-0.1, -0.05) is 6.92 Å². The summed E-state index contributed by atoms with van der Waals surface area (Å²) in [5, 5.41) is 8.64. The molecule has 0 aliphatic rings. The normalized spacial score (nSPS) is 11.6. The molecule has 0 saturated carbocycles. The lowest BCUT2D eigenvalue weighted by atomic mass is 10.2. The van der Waals surface area contributed by atoms with Gasteiger partial charge in [0.15, 0.2) is 0 Å². The molecule has 0 aromatic carbocycles.